The molecular formula is C6H9N3O2. The number of esters is 1. The Labute approximate surface area is 63.6 Å². The Morgan fingerprint density at radius 2 is 2.64 bits per heavy atom. The number of methoxy groups -OCH3 is 1. The Hall–Kier alpha value is -1.52. The summed E-state index contributed by atoms with van der Waals surface area (Å²) in [5.41, 5.74) is 5.33. The fraction of sp³-hybridized carbons (Fsp3) is 0.333. The first-order chi connectivity index (χ1) is 5.22. The molecule has 0 saturated heterocycles. The molecule has 0 radical (unpaired) electrons. The first-order valence-electron chi connectivity index (χ1n) is 3.08. The van der Waals surface area contributed by atoms with Crippen LogP contribution in [-0.4, -0.2) is 23.0 Å². The van der Waals surface area contributed by atoms with E-state index in [1.165, 1.54) is 13.3 Å². The number of carbonyl (C=O) groups is 1. The van der Waals surface area contributed by atoms with Crippen molar-refractivity contribution in [3.8, 4) is 0 Å². The number of carbonyl (C=O) groups excluding carboxylic acids is 1. The van der Waals surface area contributed by atoms with Crippen LogP contribution in [0.5, 0.6) is 0 Å². The third-order valence-corrected chi connectivity index (χ3v) is 1.19. The number of hydrogen-bond acceptors (Lipinski definition) is 4. The van der Waals surface area contributed by atoms with E-state index in [0.29, 0.717) is 11.6 Å². The highest BCUT2D eigenvalue weighted by molar-refractivity contribution is 5.71. The van der Waals surface area contributed by atoms with Crippen molar-refractivity contribution in [2.75, 3.05) is 12.8 Å². The van der Waals surface area contributed by atoms with Gasteiger partial charge in [-0.25, -0.2) is 4.98 Å². The minimum atomic E-state index is -0.334. The molecule has 11 heavy (non-hydrogen) atoms. The summed E-state index contributed by atoms with van der Waals surface area (Å²) in [6.45, 7) is 0. The minimum Gasteiger partial charge on any atom is -0.469 e. The van der Waals surface area contributed by atoms with Crippen LogP contribution in [0.4, 0.5) is 5.82 Å². The number of rotatable bonds is 2. The maximum Gasteiger partial charge on any atom is 0.313 e. The highest BCUT2D eigenvalue weighted by Crippen LogP contribution is 1.98. The van der Waals surface area contributed by atoms with Gasteiger partial charge < -0.3 is 15.5 Å². The molecular weight excluding hydrogens is 146 g/mol. The molecule has 0 aromatic carbocycles. The highest BCUT2D eigenvalue weighted by Gasteiger charge is 2.04. The molecule has 3 N–H and O–H groups in total. The van der Waals surface area contributed by atoms with Gasteiger partial charge in [0, 0.05) is 0 Å². The largest absolute Gasteiger partial charge is 0.469 e. The average Bonchev–Trinajstić information content (AvgIpc) is 2.35. The van der Waals surface area contributed by atoms with Gasteiger partial charge in [-0.05, 0) is 0 Å². The summed E-state index contributed by atoms with van der Waals surface area (Å²) in [4.78, 5) is 17.2. The lowest BCUT2D eigenvalue weighted by atomic mass is 10.4. The molecule has 1 aromatic rings. The lowest BCUT2D eigenvalue weighted by molar-refractivity contribution is -0.139. The minimum absolute atomic E-state index is 0.133. The zero-order chi connectivity index (χ0) is 8.27. The van der Waals surface area contributed by atoms with E-state index in [4.69, 9.17) is 5.73 Å². The Kier molecular flexibility index (Phi) is 2.10. The molecule has 5 heteroatoms. The zero-order valence-electron chi connectivity index (χ0n) is 6.13. The summed E-state index contributed by atoms with van der Waals surface area (Å²) in [7, 11) is 1.33. The van der Waals surface area contributed by atoms with Crippen LogP contribution in [0.3, 0.4) is 0 Å². The molecule has 0 unspecified atom stereocenters. The van der Waals surface area contributed by atoms with Crippen molar-refractivity contribution in [2.45, 2.75) is 6.42 Å². The van der Waals surface area contributed by atoms with Gasteiger partial charge in [0.05, 0.1) is 13.3 Å². The normalized spacial score (nSPS) is 9.55. The molecule has 60 valence electrons. The van der Waals surface area contributed by atoms with Gasteiger partial charge in [0.25, 0.3) is 0 Å². The van der Waals surface area contributed by atoms with Crippen LogP contribution in [0.2, 0.25) is 0 Å². The molecule has 0 bridgehead atoms. The van der Waals surface area contributed by atoms with Crippen LogP contribution in [0.15, 0.2) is 6.20 Å². The monoisotopic (exact) mass is 155 g/mol. The summed E-state index contributed by atoms with van der Waals surface area (Å²) >= 11 is 0. The fourth-order valence-corrected chi connectivity index (χ4v) is 0.677. The molecule has 0 spiro atoms. The third kappa shape index (κ3) is 1.96. The number of H-pyrrole nitrogens is 1. The van der Waals surface area contributed by atoms with E-state index in [0.717, 1.165) is 0 Å². The van der Waals surface area contributed by atoms with Crippen molar-refractivity contribution in [3.05, 3.63) is 12.0 Å². The third-order valence-electron chi connectivity index (χ3n) is 1.19. The SMILES string of the molecule is COC(=O)Cc1ncc(N)[nH]1. The number of aromatic nitrogens is 2. The van der Waals surface area contributed by atoms with Crippen molar-refractivity contribution >= 4 is 11.8 Å². The fourth-order valence-electron chi connectivity index (χ4n) is 0.677. The molecule has 0 amide bonds. The van der Waals surface area contributed by atoms with Crippen LogP contribution in [0.1, 0.15) is 5.82 Å². The predicted octanol–water partition coefficient (Wildman–Crippen LogP) is -0.293. The lowest BCUT2D eigenvalue weighted by Gasteiger charge is -1.93. The molecule has 1 heterocycles. The van der Waals surface area contributed by atoms with E-state index in [1.54, 1.807) is 0 Å². The number of aromatic amines is 1. The van der Waals surface area contributed by atoms with Crippen molar-refractivity contribution in [2.24, 2.45) is 0 Å². The second-order valence-electron chi connectivity index (χ2n) is 2.04. The smallest absolute Gasteiger partial charge is 0.313 e. The Morgan fingerprint density at radius 3 is 3.09 bits per heavy atom. The summed E-state index contributed by atoms with van der Waals surface area (Å²) in [5.74, 6) is 0.637. The van der Waals surface area contributed by atoms with Gasteiger partial charge in [0.15, 0.2) is 0 Å². The van der Waals surface area contributed by atoms with Gasteiger partial charge in [0.1, 0.15) is 18.1 Å². The van der Waals surface area contributed by atoms with Crippen molar-refractivity contribution in [3.63, 3.8) is 0 Å². The standard InChI is InChI=1S/C6H9N3O2/c1-11-6(10)2-5-8-3-4(7)9-5/h3H,2,7H2,1H3,(H,8,9). The van der Waals surface area contributed by atoms with E-state index in [1.807, 2.05) is 0 Å². The zero-order valence-corrected chi connectivity index (χ0v) is 6.13. The van der Waals surface area contributed by atoms with Gasteiger partial charge in [-0.15, -0.1) is 0 Å². The van der Waals surface area contributed by atoms with Crippen molar-refractivity contribution in [1.29, 1.82) is 0 Å². The quantitative estimate of drug-likeness (QED) is 0.575. The van der Waals surface area contributed by atoms with Crippen LogP contribution in [-0.2, 0) is 16.0 Å². The Morgan fingerprint density at radius 1 is 1.91 bits per heavy atom. The number of imidazole rings is 1. The average molecular weight is 155 g/mol. The number of nitrogens with two attached hydrogens (primary N) is 1. The highest BCUT2D eigenvalue weighted by atomic mass is 16.5. The molecule has 0 aliphatic heterocycles. The summed E-state index contributed by atoms with van der Waals surface area (Å²) in [6, 6.07) is 0. The van der Waals surface area contributed by atoms with Crippen LogP contribution in [0, 0.1) is 0 Å². The number of nitrogens with zero attached hydrogens (tertiary/aromatic N) is 1. The number of nitrogens with one attached hydrogen (secondary N) is 1. The van der Waals surface area contributed by atoms with Crippen LogP contribution >= 0.6 is 0 Å². The predicted molar refractivity (Wildman–Crippen MR) is 38.7 cm³/mol. The molecule has 0 aliphatic carbocycles. The first-order valence-corrected chi connectivity index (χ1v) is 3.08. The van der Waals surface area contributed by atoms with Gasteiger partial charge >= 0.3 is 5.97 Å². The second kappa shape index (κ2) is 3.05. The van der Waals surface area contributed by atoms with E-state index in [2.05, 4.69) is 14.7 Å². The Balaban J connectivity index is 2.57. The second-order valence-corrected chi connectivity index (χ2v) is 2.04. The van der Waals surface area contributed by atoms with Gasteiger partial charge in [-0.1, -0.05) is 0 Å². The summed E-state index contributed by atoms with van der Waals surface area (Å²) < 4.78 is 4.42. The van der Waals surface area contributed by atoms with Crippen molar-refractivity contribution < 1.29 is 9.53 Å². The molecule has 0 saturated carbocycles. The number of anilines is 1. The van der Waals surface area contributed by atoms with Crippen LogP contribution < -0.4 is 5.73 Å². The van der Waals surface area contributed by atoms with Crippen LogP contribution in [0.25, 0.3) is 0 Å². The first kappa shape index (κ1) is 7.59. The maximum absolute atomic E-state index is 10.7. The maximum atomic E-state index is 10.7. The molecule has 0 atom stereocenters. The Bertz CT molecular complexity index is 256. The molecule has 0 fully saturated rings. The molecule has 5 nitrogen and oxygen atoms in total. The summed E-state index contributed by atoms with van der Waals surface area (Å²) in [6.07, 6.45) is 1.59. The lowest BCUT2D eigenvalue weighted by Crippen LogP contribution is -2.05. The number of hydrogen-bond donors (Lipinski definition) is 2. The summed E-state index contributed by atoms with van der Waals surface area (Å²) in [5, 5.41) is 0. The van der Waals surface area contributed by atoms with E-state index >= 15 is 0 Å². The van der Waals surface area contributed by atoms with E-state index < -0.39 is 0 Å². The molecule has 1 aromatic heterocycles. The van der Waals surface area contributed by atoms with Gasteiger partial charge in [-0.2, -0.15) is 0 Å². The van der Waals surface area contributed by atoms with E-state index in [-0.39, 0.29) is 12.4 Å². The molecule has 1 rings (SSSR count). The van der Waals surface area contributed by atoms with Crippen molar-refractivity contribution in [1.82, 2.24) is 9.97 Å². The number of ether oxygens (including phenoxy) is 1. The van der Waals surface area contributed by atoms with Gasteiger partial charge in [0.2, 0.25) is 0 Å². The topological polar surface area (TPSA) is 81.0 Å². The molecule has 0 aliphatic rings. The van der Waals surface area contributed by atoms with E-state index in [9.17, 15) is 4.79 Å². The number of nitrogen functional groups attached to an aromatic ring is 1. The van der Waals surface area contributed by atoms with Gasteiger partial charge in [-0.3, -0.25) is 4.79 Å².